The van der Waals surface area contributed by atoms with Gasteiger partial charge in [0.15, 0.2) is 5.82 Å². The van der Waals surface area contributed by atoms with Crippen molar-refractivity contribution < 1.29 is 4.52 Å². The van der Waals surface area contributed by atoms with Crippen LogP contribution in [0.2, 0.25) is 0 Å². The SMILES string of the molecule is Cc1ncc(-c2c(C)noc2C)nc1Nc1ccc(-n2ccnn2)c(Br)c1. The van der Waals surface area contributed by atoms with Crippen LogP contribution in [0.1, 0.15) is 17.1 Å². The predicted molar refractivity (Wildman–Crippen MR) is 104 cm³/mol. The number of rotatable bonds is 4. The van der Waals surface area contributed by atoms with Gasteiger partial charge in [-0.05, 0) is 54.9 Å². The lowest BCUT2D eigenvalue weighted by molar-refractivity contribution is 0.393. The molecule has 0 radical (unpaired) electrons. The summed E-state index contributed by atoms with van der Waals surface area (Å²) in [5.74, 6) is 1.39. The van der Waals surface area contributed by atoms with E-state index in [2.05, 4.69) is 41.7 Å². The maximum atomic E-state index is 5.24. The molecule has 0 aliphatic carbocycles. The number of halogens is 1. The van der Waals surface area contributed by atoms with E-state index in [1.807, 2.05) is 39.0 Å². The molecule has 0 aliphatic heterocycles. The van der Waals surface area contributed by atoms with Crippen molar-refractivity contribution in [3.8, 4) is 16.9 Å². The molecule has 0 unspecified atom stereocenters. The molecule has 136 valence electrons. The van der Waals surface area contributed by atoms with Gasteiger partial charge >= 0.3 is 0 Å². The van der Waals surface area contributed by atoms with E-state index in [9.17, 15) is 0 Å². The van der Waals surface area contributed by atoms with Crippen LogP contribution in [0.15, 0.2) is 45.8 Å². The molecule has 0 saturated carbocycles. The Balaban J connectivity index is 1.67. The fourth-order valence-corrected chi connectivity index (χ4v) is 3.34. The average molecular weight is 426 g/mol. The first-order valence-corrected chi connectivity index (χ1v) is 9.02. The molecule has 3 heterocycles. The maximum Gasteiger partial charge on any atom is 0.152 e. The third-order valence-corrected chi connectivity index (χ3v) is 4.76. The van der Waals surface area contributed by atoms with Crippen LogP contribution in [0.3, 0.4) is 0 Å². The first-order chi connectivity index (χ1) is 13.0. The zero-order chi connectivity index (χ0) is 19.0. The van der Waals surface area contributed by atoms with E-state index >= 15 is 0 Å². The number of nitrogens with zero attached hydrogens (tertiary/aromatic N) is 6. The second-order valence-electron chi connectivity index (χ2n) is 6.03. The van der Waals surface area contributed by atoms with Gasteiger partial charge in [0, 0.05) is 10.2 Å². The third-order valence-electron chi connectivity index (χ3n) is 4.12. The molecule has 3 aromatic heterocycles. The normalized spacial score (nSPS) is 11.0. The summed E-state index contributed by atoms with van der Waals surface area (Å²) >= 11 is 3.58. The Morgan fingerprint density at radius 3 is 2.67 bits per heavy atom. The van der Waals surface area contributed by atoms with Gasteiger partial charge in [0.2, 0.25) is 0 Å². The third kappa shape index (κ3) is 3.33. The second kappa shape index (κ2) is 6.92. The van der Waals surface area contributed by atoms with Crippen LogP contribution in [0.5, 0.6) is 0 Å². The van der Waals surface area contributed by atoms with Crippen molar-refractivity contribution in [1.29, 1.82) is 0 Å². The zero-order valence-electron chi connectivity index (χ0n) is 14.9. The van der Waals surface area contributed by atoms with Gasteiger partial charge in [0.05, 0.1) is 46.9 Å². The van der Waals surface area contributed by atoms with E-state index in [1.54, 1.807) is 23.3 Å². The van der Waals surface area contributed by atoms with Crippen molar-refractivity contribution in [2.75, 3.05) is 5.32 Å². The summed E-state index contributed by atoms with van der Waals surface area (Å²) < 4.78 is 7.82. The van der Waals surface area contributed by atoms with Crippen LogP contribution >= 0.6 is 15.9 Å². The lowest BCUT2D eigenvalue weighted by atomic mass is 10.1. The fourth-order valence-electron chi connectivity index (χ4n) is 2.78. The first-order valence-electron chi connectivity index (χ1n) is 8.23. The predicted octanol–water partition coefficient (Wildman–Crippen LogP) is 4.14. The quantitative estimate of drug-likeness (QED) is 0.524. The summed E-state index contributed by atoms with van der Waals surface area (Å²) in [5.41, 5.74) is 4.94. The molecule has 8 nitrogen and oxygen atoms in total. The molecule has 0 spiro atoms. The Morgan fingerprint density at radius 2 is 2.00 bits per heavy atom. The number of hydrogen-bond donors (Lipinski definition) is 1. The van der Waals surface area contributed by atoms with E-state index in [-0.39, 0.29) is 0 Å². The highest BCUT2D eigenvalue weighted by Crippen LogP contribution is 2.29. The van der Waals surface area contributed by atoms with Crippen LogP contribution in [0, 0.1) is 20.8 Å². The number of aromatic nitrogens is 6. The Morgan fingerprint density at radius 1 is 1.15 bits per heavy atom. The lowest BCUT2D eigenvalue weighted by Crippen LogP contribution is -2.02. The molecule has 1 aromatic carbocycles. The number of anilines is 2. The second-order valence-corrected chi connectivity index (χ2v) is 6.88. The van der Waals surface area contributed by atoms with Crippen LogP contribution in [-0.2, 0) is 0 Å². The largest absolute Gasteiger partial charge is 0.361 e. The fraction of sp³-hybridized carbons (Fsp3) is 0.167. The van der Waals surface area contributed by atoms with Gasteiger partial charge in [-0.25, -0.2) is 9.67 Å². The molecule has 0 fully saturated rings. The van der Waals surface area contributed by atoms with Crippen LogP contribution in [0.25, 0.3) is 16.9 Å². The van der Waals surface area contributed by atoms with E-state index in [1.165, 1.54) is 0 Å². The molecule has 4 aromatic rings. The van der Waals surface area contributed by atoms with Crippen LogP contribution in [-0.4, -0.2) is 30.1 Å². The van der Waals surface area contributed by atoms with Gasteiger partial charge in [-0.3, -0.25) is 4.98 Å². The van der Waals surface area contributed by atoms with Crippen molar-refractivity contribution in [1.82, 2.24) is 30.1 Å². The molecule has 0 bridgehead atoms. The summed E-state index contributed by atoms with van der Waals surface area (Å²) in [5, 5.41) is 15.2. The van der Waals surface area contributed by atoms with Gasteiger partial charge < -0.3 is 9.84 Å². The summed E-state index contributed by atoms with van der Waals surface area (Å²) in [7, 11) is 0. The van der Waals surface area contributed by atoms with Crippen molar-refractivity contribution in [2.24, 2.45) is 0 Å². The van der Waals surface area contributed by atoms with E-state index < -0.39 is 0 Å². The highest BCUT2D eigenvalue weighted by molar-refractivity contribution is 9.10. The molecule has 0 saturated heterocycles. The molecule has 0 amide bonds. The van der Waals surface area contributed by atoms with Crippen LogP contribution < -0.4 is 5.32 Å². The minimum Gasteiger partial charge on any atom is -0.361 e. The molecule has 0 aliphatic rings. The van der Waals surface area contributed by atoms with Gasteiger partial charge in [-0.1, -0.05) is 10.4 Å². The van der Waals surface area contributed by atoms with E-state index in [4.69, 9.17) is 9.51 Å². The molecular formula is C18H16BrN7O. The first kappa shape index (κ1) is 17.3. The highest BCUT2D eigenvalue weighted by Gasteiger charge is 2.15. The molecule has 1 N–H and O–H groups in total. The monoisotopic (exact) mass is 425 g/mol. The van der Waals surface area contributed by atoms with Gasteiger partial charge in [-0.2, -0.15) is 0 Å². The summed E-state index contributed by atoms with van der Waals surface area (Å²) in [6.07, 6.45) is 5.16. The Bertz CT molecular complexity index is 1090. The lowest BCUT2D eigenvalue weighted by Gasteiger charge is -2.11. The standard InChI is InChI=1S/C18H16BrN7O/c1-10-17(12(3)27-24-10)15-9-20-11(2)18(23-15)22-13-4-5-16(14(19)8-13)26-7-6-21-25-26/h4-9H,1-3H3,(H,22,23). The Kier molecular flexibility index (Phi) is 4.44. The molecule has 4 rings (SSSR count). The number of benzene rings is 1. The zero-order valence-corrected chi connectivity index (χ0v) is 16.5. The van der Waals surface area contributed by atoms with Crippen molar-refractivity contribution in [2.45, 2.75) is 20.8 Å². The Hall–Kier alpha value is -3.07. The topological polar surface area (TPSA) is 94.6 Å². The van der Waals surface area contributed by atoms with Crippen molar-refractivity contribution in [3.63, 3.8) is 0 Å². The minimum absolute atomic E-state index is 0.674. The molecule has 0 atom stereocenters. The van der Waals surface area contributed by atoms with E-state index in [0.29, 0.717) is 5.82 Å². The minimum atomic E-state index is 0.674. The molecule has 9 heteroatoms. The number of nitrogens with one attached hydrogen (secondary N) is 1. The van der Waals surface area contributed by atoms with Gasteiger partial charge in [0.1, 0.15) is 5.76 Å². The number of hydrogen-bond acceptors (Lipinski definition) is 7. The Labute approximate surface area is 163 Å². The molecular weight excluding hydrogens is 410 g/mol. The maximum absolute atomic E-state index is 5.24. The van der Waals surface area contributed by atoms with Crippen LogP contribution in [0.4, 0.5) is 11.5 Å². The summed E-state index contributed by atoms with van der Waals surface area (Å²) in [6.45, 7) is 5.66. The average Bonchev–Trinajstić information content (AvgIpc) is 3.28. The van der Waals surface area contributed by atoms with Crippen molar-refractivity contribution >= 4 is 27.4 Å². The van der Waals surface area contributed by atoms with Crippen molar-refractivity contribution in [3.05, 3.63) is 58.4 Å². The summed E-state index contributed by atoms with van der Waals surface area (Å²) in [6, 6.07) is 5.86. The van der Waals surface area contributed by atoms with Gasteiger partial charge in [0.25, 0.3) is 0 Å². The smallest absolute Gasteiger partial charge is 0.152 e. The molecule has 27 heavy (non-hydrogen) atoms. The number of aryl methyl sites for hydroxylation is 3. The summed E-state index contributed by atoms with van der Waals surface area (Å²) in [4.78, 5) is 9.18. The van der Waals surface area contributed by atoms with E-state index in [0.717, 1.165) is 44.3 Å². The van der Waals surface area contributed by atoms with Gasteiger partial charge in [-0.15, -0.1) is 5.10 Å². The highest BCUT2D eigenvalue weighted by atomic mass is 79.9.